The summed E-state index contributed by atoms with van der Waals surface area (Å²) < 4.78 is 0. The van der Waals surface area contributed by atoms with Crippen molar-refractivity contribution in [2.45, 2.75) is 46.1 Å². The molecule has 0 amide bonds. The Morgan fingerprint density at radius 3 is 2.00 bits per heavy atom. The van der Waals surface area contributed by atoms with Crippen LogP contribution in [0, 0.1) is 16.7 Å². The molecule has 0 unspecified atom stereocenters. The molecule has 1 nitrogen and oxygen atoms in total. The van der Waals surface area contributed by atoms with Gasteiger partial charge in [-0.3, -0.25) is 0 Å². The Kier molecular flexibility index (Phi) is 2.41. The number of aliphatic hydroxyl groups excluding tert-OH is 1. The van der Waals surface area contributed by atoms with Crippen molar-refractivity contribution in [3.05, 3.63) is 0 Å². The van der Waals surface area contributed by atoms with Crippen LogP contribution in [-0.2, 0) is 0 Å². The molecule has 2 bridgehead atoms. The van der Waals surface area contributed by atoms with Crippen molar-refractivity contribution in [1.29, 1.82) is 0 Å². The first-order chi connectivity index (χ1) is 4.98. The van der Waals surface area contributed by atoms with Crippen molar-refractivity contribution < 1.29 is 5.11 Å². The van der Waals surface area contributed by atoms with Crippen LogP contribution in [0.5, 0.6) is 0 Å². The second-order valence-corrected chi connectivity index (χ2v) is 5.13. The Bertz CT molecular complexity index is 190. The first-order valence-electron chi connectivity index (χ1n) is 4.66. The predicted octanol–water partition coefficient (Wildman–Crippen LogP) is 1.01. The molecule has 12 heavy (non-hydrogen) atoms. The second-order valence-electron chi connectivity index (χ2n) is 5.13. The molecular weight excluding hydrogens is 163 g/mol. The van der Waals surface area contributed by atoms with Crippen LogP contribution in [0.1, 0.15) is 40.0 Å². The van der Waals surface area contributed by atoms with Crippen LogP contribution >= 0.6 is 0 Å². The molecule has 2 aliphatic carbocycles. The lowest BCUT2D eigenvalue weighted by molar-refractivity contribution is 0.0126. The number of aliphatic hydroxyl groups is 1. The fourth-order valence-corrected chi connectivity index (χ4v) is 3.16. The van der Waals surface area contributed by atoms with E-state index in [0.717, 1.165) is 12.3 Å². The van der Waals surface area contributed by atoms with E-state index in [4.69, 9.17) is 0 Å². The standard InChI is InChI=1S/C10H18O.Al.3H/c1-9(2)7-4-5-10(9,3)8(11)6-7;;;;/h7-8,11H,4-6H2,1-3H3;;;;/t7-,8-,10+;;;;/m1..../s1. The molecule has 2 saturated carbocycles. The Morgan fingerprint density at radius 2 is 1.83 bits per heavy atom. The maximum absolute atomic E-state index is 9.81. The van der Waals surface area contributed by atoms with Gasteiger partial charge in [-0.2, -0.15) is 0 Å². The van der Waals surface area contributed by atoms with Gasteiger partial charge in [-0.05, 0) is 36.0 Å². The normalized spacial score (nSPS) is 49.0. The molecule has 2 aliphatic rings. The first kappa shape index (κ1) is 10.6. The number of hydrogen-bond acceptors (Lipinski definition) is 1. The van der Waals surface area contributed by atoms with Gasteiger partial charge in [-0.1, -0.05) is 20.8 Å². The maximum Gasteiger partial charge on any atom is 0.187 e. The van der Waals surface area contributed by atoms with Crippen molar-refractivity contribution >= 4 is 17.4 Å². The van der Waals surface area contributed by atoms with Crippen molar-refractivity contribution in [3.8, 4) is 0 Å². The molecule has 0 heterocycles. The minimum absolute atomic E-state index is 0. The molecule has 2 heteroatoms. The molecule has 0 saturated heterocycles. The summed E-state index contributed by atoms with van der Waals surface area (Å²) in [5, 5.41) is 9.81. The third-order valence-corrected chi connectivity index (χ3v) is 4.75. The summed E-state index contributed by atoms with van der Waals surface area (Å²) >= 11 is 0. The van der Waals surface area contributed by atoms with Gasteiger partial charge in [0.15, 0.2) is 17.4 Å². The number of fused-ring (bicyclic) bond motifs is 2. The van der Waals surface area contributed by atoms with Gasteiger partial charge in [0.25, 0.3) is 0 Å². The monoisotopic (exact) mass is 184 g/mol. The van der Waals surface area contributed by atoms with Crippen LogP contribution in [-0.4, -0.2) is 28.6 Å². The molecular formula is C10H21AlO. The van der Waals surface area contributed by atoms with Crippen LogP contribution in [0.3, 0.4) is 0 Å². The van der Waals surface area contributed by atoms with E-state index in [1.54, 1.807) is 0 Å². The summed E-state index contributed by atoms with van der Waals surface area (Å²) in [5.74, 6) is 0.780. The SMILES string of the molecule is CC1(C)[C@@H]2CC[C@@]1(C)[C@H](O)C2.[AlH3]. The maximum atomic E-state index is 9.81. The summed E-state index contributed by atoms with van der Waals surface area (Å²) in [7, 11) is 0. The Labute approximate surface area is 85.7 Å². The molecule has 0 aromatic heterocycles. The highest BCUT2D eigenvalue weighted by Gasteiger charge is 2.60. The van der Waals surface area contributed by atoms with Gasteiger partial charge in [0.2, 0.25) is 0 Å². The second kappa shape index (κ2) is 2.74. The minimum Gasteiger partial charge on any atom is -0.393 e. The summed E-state index contributed by atoms with van der Waals surface area (Å²) in [6, 6.07) is 0. The average Bonchev–Trinajstić information content (AvgIpc) is 2.20. The van der Waals surface area contributed by atoms with Crippen LogP contribution in [0.25, 0.3) is 0 Å². The molecule has 3 atom stereocenters. The molecule has 0 aromatic carbocycles. The molecule has 70 valence electrons. The summed E-state index contributed by atoms with van der Waals surface area (Å²) in [5.41, 5.74) is 0.601. The summed E-state index contributed by atoms with van der Waals surface area (Å²) in [6.45, 7) is 6.90. The fourth-order valence-electron chi connectivity index (χ4n) is 3.16. The Balaban J connectivity index is 0.000000720. The smallest absolute Gasteiger partial charge is 0.187 e. The topological polar surface area (TPSA) is 20.2 Å². The highest BCUT2D eigenvalue weighted by molar-refractivity contribution is 5.75. The zero-order valence-corrected chi connectivity index (χ0v) is 7.72. The van der Waals surface area contributed by atoms with E-state index >= 15 is 0 Å². The van der Waals surface area contributed by atoms with Gasteiger partial charge in [-0.25, -0.2) is 0 Å². The van der Waals surface area contributed by atoms with Gasteiger partial charge in [0.1, 0.15) is 0 Å². The molecule has 2 rings (SSSR count). The van der Waals surface area contributed by atoms with Crippen LogP contribution in [0.4, 0.5) is 0 Å². The minimum atomic E-state index is -0.0313. The zero-order valence-electron chi connectivity index (χ0n) is 7.72. The van der Waals surface area contributed by atoms with E-state index in [1.165, 1.54) is 12.8 Å². The highest BCUT2D eigenvalue weighted by Crippen LogP contribution is 2.65. The van der Waals surface area contributed by atoms with Crippen LogP contribution in [0.15, 0.2) is 0 Å². The molecule has 2 fully saturated rings. The van der Waals surface area contributed by atoms with E-state index in [0.29, 0.717) is 5.41 Å². The third-order valence-electron chi connectivity index (χ3n) is 4.75. The van der Waals surface area contributed by atoms with E-state index in [-0.39, 0.29) is 28.9 Å². The highest BCUT2D eigenvalue weighted by atomic mass is 27.0. The molecule has 0 spiro atoms. The molecule has 0 radical (unpaired) electrons. The van der Waals surface area contributed by atoms with E-state index in [1.807, 2.05) is 0 Å². The molecule has 0 aliphatic heterocycles. The van der Waals surface area contributed by atoms with E-state index in [9.17, 15) is 5.11 Å². The lowest BCUT2D eigenvalue weighted by atomic mass is 9.70. The summed E-state index contributed by atoms with van der Waals surface area (Å²) in [4.78, 5) is 0. The Morgan fingerprint density at radius 1 is 1.25 bits per heavy atom. The van der Waals surface area contributed by atoms with Gasteiger partial charge < -0.3 is 5.11 Å². The van der Waals surface area contributed by atoms with E-state index in [2.05, 4.69) is 20.8 Å². The van der Waals surface area contributed by atoms with Crippen molar-refractivity contribution in [3.63, 3.8) is 0 Å². The third kappa shape index (κ3) is 0.953. The zero-order chi connectivity index (χ0) is 8.28. The first-order valence-corrected chi connectivity index (χ1v) is 4.66. The fraction of sp³-hybridized carbons (Fsp3) is 1.00. The summed E-state index contributed by atoms with van der Waals surface area (Å²) in [6.07, 6.45) is 3.58. The number of hydrogen-bond donors (Lipinski definition) is 1. The largest absolute Gasteiger partial charge is 0.393 e. The van der Waals surface area contributed by atoms with Gasteiger partial charge >= 0.3 is 0 Å². The lowest BCUT2D eigenvalue weighted by Crippen LogP contribution is -2.35. The average molecular weight is 184 g/mol. The predicted molar refractivity (Wildman–Crippen MR) is 55.2 cm³/mol. The van der Waals surface area contributed by atoms with Crippen molar-refractivity contribution in [2.75, 3.05) is 0 Å². The quantitative estimate of drug-likeness (QED) is 0.557. The van der Waals surface area contributed by atoms with Gasteiger partial charge in [-0.15, -0.1) is 0 Å². The van der Waals surface area contributed by atoms with Crippen LogP contribution in [0.2, 0.25) is 0 Å². The van der Waals surface area contributed by atoms with Crippen molar-refractivity contribution in [1.82, 2.24) is 0 Å². The molecule has 0 aromatic rings. The number of rotatable bonds is 0. The van der Waals surface area contributed by atoms with Gasteiger partial charge in [0.05, 0.1) is 6.10 Å². The van der Waals surface area contributed by atoms with Crippen LogP contribution < -0.4 is 0 Å². The van der Waals surface area contributed by atoms with Gasteiger partial charge in [0, 0.05) is 0 Å². The van der Waals surface area contributed by atoms with E-state index < -0.39 is 0 Å². The molecule has 1 N–H and O–H groups in total. The Hall–Kier alpha value is 0.492. The lowest BCUT2D eigenvalue weighted by Gasteiger charge is -2.36. The van der Waals surface area contributed by atoms with Crippen molar-refractivity contribution in [2.24, 2.45) is 16.7 Å².